The van der Waals surface area contributed by atoms with Gasteiger partial charge in [0.25, 0.3) is 0 Å². The second kappa shape index (κ2) is 7.37. The van der Waals surface area contributed by atoms with E-state index in [1.165, 1.54) is 19.3 Å². The maximum Gasteiger partial charge on any atom is 0.332 e. The Labute approximate surface area is 134 Å². The summed E-state index contributed by atoms with van der Waals surface area (Å²) in [6.45, 7) is 3.81. The van der Waals surface area contributed by atoms with E-state index in [1.54, 1.807) is 13.0 Å². The zero-order valence-electron chi connectivity index (χ0n) is 13.5. The highest BCUT2D eigenvalue weighted by Crippen LogP contribution is 2.36. The molecule has 0 fully saturated rings. The van der Waals surface area contributed by atoms with Crippen LogP contribution in [0.15, 0.2) is 35.1 Å². The first-order valence-corrected chi connectivity index (χ1v) is 7.49. The van der Waals surface area contributed by atoms with E-state index < -0.39 is 18.0 Å². The molecule has 0 saturated heterocycles. The van der Waals surface area contributed by atoms with Gasteiger partial charge in [-0.2, -0.15) is 0 Å². The van der Waals surface area contributed by atoms with E-state index in [0.29, 0.717) is 23.5 Å². The number of ether oxygens (including phenoxy) is 3. The average molecular weight is 320 g/mol. The molecule has 0 heterocycles. The van der Waals surface area contributed by atoms with Crippen LogP contribution in [0.5, 0.6) is 0 Å². The largest absolute Gasteiger partial charge is 0.498 e. The van der Waals surface area contributed by atoms with Gasteiger partial charge in [0.1, 0.15) is 12.7 Å². The fourth-order valence-corrected chi connectivity index (χ4v) is 2.78. The third kappa shape index (κ3) is 3.76. The molecular formula is C17H20O6. The van der Waals surface area contributed by atoms with Crippen LogP contribution in [0.1, 0.15) is 20.3 Å². The van der Waals surface area contributed by atoms with Gasteiger partial charge in [-0.15, -0.1) is 0 Å². The van der Waals surface area contributed by atoms with Crippen molar-refractivity contribution >= 4 is 17.5 Å². The summed E-state index contributed by atoms with van der Waals surface area (Å²) in [6.07, 6.45) is 3.97. The van der Waals surface area contributed by atoms with Crippen molar-refractivity contribution in [2.24, 2.45) is 5.92 Å². The molecule has 124 valence electrons. The van der Waals surface area contributed by atoms with Crippen molar-refractivity contribution in [3.05, 3.63) is 35.1 Å². The summed E-state index contributed by atoms with van der Waals surface area (Å²) in [5.41, 5.74) is 0.807. The summed E-state index contributed by atoms with van der Waals surface area (Å²) < 4.78 is 15.6. The van der Waals surface area contributed by atoms with E-state index in [9.17, 15) is 14.4 Å². The molecule has 6 heteroatoms. The molecule has 0 amide bonds. The molecular weight excluding hydrogens is 300 g/mol. The van der Waals surface area contributed by atoms with E-state index in [-0.39, 0.29) is 24.6 Å². The van der Waals surface area contributed by atoms with Crippen molar-refractivity contribution < 1.29 is 28.6 Å². The fourth-order valence-electron chi connectivity index (χ4n) is 2.78. The lowest BCUT2D eigenvalue weighted by Crippen LogP contribution is -2.33. The number of allylic oxidation sites excluding steroid dienone is 3. The monoisotopic (exact) mass is 320 g/mol. The standard InChI is InChI=1S/C17H20O6/c1-4-22-11-7-12(10(2)23-16(20)9-21-3)17-13(8-11)14(18)5-6-15(17)19/h5-7,10,12H,4,8-9H2,1-3H3. The van der Waals surface area contributed by atoms with Gasteiger partial charge < -0.3 is 14.2 Å². The smallest absolute Gasteiger partial charge is 0.332 e. The highest BCUT2D eigenvalue weighted by molar-refractivity contribution is 6.20. The predicted octanol–water partition coefficient (Wildman–Crippen LogP) is 1.51. The van der Waals surface area contributed by atoms with Gasteiger partial charge in [0.15, 0.2) is 11.6 Å². The van der Waals surface area contributed by atoms with Crippen LogP contribution in [0.4, 0.5) is 0 Å². The average Bonchev–Trinajstić information content (AvgIpc) is 2.51. The molecule has 0 N–H and O–H groups in total. The van der Waals surface area contributed by atoms with Gasteiger partial charge in [-0.05, 0) is 32.1 Å². The normalized spacial score (nSPS) is 21.7. The van der Waals surface area contributed by atoms with Crippen molar-refractivity contribution in [2.75, 3.05) is 20.3 Å². The van der Waals surface area contributed by atoms with E-state index in [0.717, 1.165) is 0 Å². The minimum atomic E-state index is -0.610. The van der Waals surface area contributed by atoms with Gasteiger partial charge in [-0.1, -0.05) is 0 Å². The maximum atomic E-state index is 12.2. The van der Waals surface area contributed by atoms with Crippen LogP contribution in [0, 0.1) is 5.92 Å². The Kier molecular flexibility index (Phi) is 5.50. The van der Waals surface area contributed by atoms with Gasteiger partial charge >= 0.3 is 5.97 Å². The molecule has 2 unspecified atom stereocenters. The number of ketones is 2. The van der Waals surface area contributed by atoms with Gasteiger partial charge in [0.05, 0.1) is 12.4 Å². The topological polar surface area (TPSA) is 78.9 Å². The number of methoxy groups -OCH3 is 1. The van der Waals surface area contributed by atoms with Crippen molar-refractivity contribution in [3.63, 3.8) is 0 Å². The lowest BCUT2D eigenvalue weighted by atomic mass is 9.78. The van der Waals surface area contributed by atoms with Gasteiger partial charge in [-0.3, -0.25) is 9.59 Å². The molecule has 6 nitrogen and oxygen atoms in total. The van der Waals surface area contributed by atoms with Crippen LogP contribution in [0.3, 0.4) is 0 Å². The first-order valence-electron chi connectivity index (χ1n) is 7.49. The van der Waals surface area contributed by atoms with E-state index >= 15 is 0 Å². The minimum absolute atomic E-state index is 0.169. The molecule has 0 saturated carbocycles. The highest BCUT2D eigenvalue weighted by atomic mass is 16.6. The summed E-state index contributed by atoms with van der Waals surface area (Å²) >= 11 is 0. The molecule has 0 spiro atoms. The second-order valence-electron chi connectivity index (χ2n) is 5.35. The van der Waals surface area contributed by atoms with Crippen LogP contribution >= 0.6 is 0 Å². The lowest BCUT2D eigenvalue weighted by molar-refractivity contribution is -0.154. The molecule has 0 aliphatic heterocycles. The van der Waals surface area contributed by atoms with Crippen LogP contribution in [-0.2, 0) is 28.6 Å². The first kappa shape index (κ1) is 17.1. The SMILES string of the molecule is CCOC1=CC(C(C)OC(=O)COC)C2=C(C1)C(=O)C=CC2=O. The quantitative estimate of drug-likeness (QED) is 0.545. The Morgan fingerprint density at radius 1 is 1.30 bits per heavy atom. The lowest BCUT2D eigenvalue weighted by Gasteiger charge is -2.30. The summed E-state index contributed by atoms with van der Waals surface area (Å²) in [6, 6.07) is 0. The van der Waals surface area contributed by atoms with E-state index in [2.05, 4.69) is 0 Å². The zero-order chi connectivity index (χ0) is 17.0. The Morgan fingerprint density at radius 3 is 2.65 bits per heavy atom. The second-order valence-corrected chi connectivity index (χ2v) is 5.35. The van der Waals surface area contributed by atoms with E-state index in [1.807, 2.05) is 6.92 Å². The number of hydrogen-bond acceptors (Lipinski definition) is 6. The van der Waals surface area contributed by atoms with Crippen LogP contribution in [0.25, 0.3) is 0 Å². The molecule has 23 heavy (non-hydrogen) atoms. The Hall–Kier alpha value is -2.21. The summed E-state index contributed by atoms with van der Waals surface area (Å²) in [4.78, 5) is 36.0. The third-order valence-electron chi connectivity index (χ3n) is 3.74. The Bertz CT molecular complexity index is 611. The van der Waals surface area contributed by atoms with Crippen molar-refractivity contribution in [3.8, 4) is 0 Å². The van der Waals surface area contributed by atoms with Crippen molar-refractivity contribution in [1.29, 1.82) is 0 Å². The minimum Gasteiger partial charge on any atom is -0.498 e. The first-order chi connectivity index (χ1) is 11.0. The van der Waals surface area contributed by atoms with Crippen molar-refractivity contribution in [1.82, 2.24) is 0 Å². The van der Waals surface area contributed by atoms with Crippen molar-refractivity contribution in [2.45, 2.75) is 26.4 Å². The Balaban J connectivity index is 2.31. The summed E-state index contributed by atoms with van der Waals surface area (Å²) in [7, 11) is 1.40. The van der Waals surface area contributed by atoms with E-state index in [4.69, 9.17) is 14.2 Å². The van der Waals surface area contributed by atoms with Crippen LogP contribution in [0.2, 0.25) is 0 Å². The van der Waals surface area contributed by atoms with Crippen LogP contribution in [-0.4, -0.2) is 44.0 Å². The molecule has 2 aliphatic carbocycles. The molecule has 2 rings (SSSR count). The Morgan fingerprint density at radius 2 is 2.00 bits per heavy atom. The number of rotatable bonds is 6. The van der Waals surface area contributed by atoms with Gasteiger partial charge in [0.2, 0.25) is 0 Å². The fraction of sp³-hybridized carbons (Fsp3) is 0.471. The maximum absolute atomic E-state index is 12.2. The molecule has 0 aromatic rings. The predicted molar refractivity (Wildman–Crippen MR) is 81.4 cm³/mol. The molecule has 0 aromatic heterocycles. The molecule has 2 aliphatic rings. The zero-order valence-corrected chi connectivity index (χ0v) is 13.5. The molecule has 0 aromatic carbocycles. The molecule has 0 bridgehead atoms. The number of esters is 1. The summed E-state index contributed by atoms with van der Waals surface area (Å²) in [5, 5.41) is 0. The number of carbonyl (C=O) groups is 3. The molecule has 2 atom stereocenters. The molecule has 0 radical (unpaired) electrons. The highest BCUT2D eigenvalue weighted by Gasteiger charge is 2.36. The van der Waals surface area contributed by atoms with Crippen LogP contribution < -0.4 is 0 Å². The van der Waals surface area contributed by atoms with Gasteiger partial charge in [0, 0.05) is 30.6 Å². The summed E-state index contributed by atoms with van der Waals surface area (Å²) in [5.74, 6) is -0.856. The van der Waals surface area contributed by atoms with Gasteiger partial charge in [-0.25, -0.2) is 4.79 Å². The number of hydrogen-bond donors (Lipinski definition) is 0. The number of carbonyl (C=O) groups excluding carboxylic acids is 3. The third-order valence-corrected chi connectivity index (χ3v) is 3.74.